The molecule has 0 bridgehead atoms. The van der Waals surface area contributed by atoms with Crippen molar-refractivity contribution in [2.75, 3.05) is 11.4 Å². The maximum Gasteiger partial charge on any atom is 0.273 e. The van der Waals surface area contributed by atoms with Crippen LogP contribution < -0.4 is 9.62 Å². The lowest BCUT2D eigenvalue weighted by Gasteiger charge is -2.27. The van der Waals surface area contributed by atoms with Crippen LogP contribution in [0.5, 0.6) is 0 Å². The van der Waals surface area contributed by atoms with Gasteiger partial charge < -0.3 is 4.90 Å². The first-order chi connectivity index (χ1) is 16.2. The fraction of sp³-hybridized carbons (Fsp3) is 0.182. The third-order valence-corrected chi connectivity index (χ3v) is 8.75. The van der Waals surface area contributed by atoms with Crippen LogP contribution in [-0.4, -0.2) is 30.5 Å². The lowest BCUT2D eigenvalue weighted by atomic mass is 10.0. The summed E-state index contributed by atoms with van der Waals surface area (Å²) in [5, 5.41) is 4.13. The van der Waals surface area contributed by atoms with E-state index in [1.165, 1.54) is 28.9 Å². The number of halogens is 3. The van der Waals surface area contributed by atoms with Crippen LogP contribution in [0, 0.1) is 11.6 Å². The van der Waals surface area contributed by atoms with Gasteiger partial charge in [0.05, 0.1) is 27.7 Å². The van der Waals surface area contributed by atoms with Gasteiger partial charge in [-0.15, -0.1) is 11.3 Å². The van der Waals surface area contributed by atoms with E-state index in [0.29, 0.717) is 24.2 Å². The summed E-state index contributed by atoms with van der Waals surface area (Å²) < 4.78 is 57.0. The molecule has 1 atom stereocenters. The van der Waals surface area contributed by atoms with E-state index in [9.17, 15) is 22.0 Å². The number of amides is 1. The van der Waals surface area contributed by atoms with Crippen molar-refractivity contribution in [2.24, 2.45) is 0 Å². The molecule has 5 rings (SSSR count). The van der Waals surface area contributed by atoms with Crippen molar-refractivity contribution >= 4 is 50.1 Å². The molecule has 0 aliphatic carbocycles. The number of hydrogen-bond donors (Lipinski definition) is 1. The first kappa shape index (κ1) is 22.8. The summed E-state index contributed by atoms with van der Waals surface area (Å²) >= 11 is 6.65. The second kappa shape index (κ2) is 8.64. The first-order valence-electron chi connectivity index (χ1n) is 10.2. The summed E-state index contributed by atoms with van der Waals surface area (Å²) in [4.78, 5) is 14.8. The van der Waals surface area contributed by atoms with E-state index in [0.717, 1.165) is 29.9 Å². The number of aromatic nitrogens is 2. The lowest BCUT2D eigenvalue weighted by Crippen LogP contribution is -2.30. The Labute approximate surface area is 202 Å². The van der Waals surface area contributed by atoms with Gasteiger partial charge in [0, 0.05) is 24.0 Å². The van der Waals surface area contributed by atoms with Crippen LogP contribution in [0.3, 0.4) is 0 Å². The number of nitrogens with zero attached hydrogens (tertiary/aromatic N) is 3. The molecule has 0 unspecified atom stereocenters. The highest BCUT2D eigenvalue weighted by Crippen LogP contribution is 2.38. The van der Waals surface area contributed by atoms with Crippen LogP contribution >= 0.6 is 22.9 Å². The van der Waals surface area contributed by atoms with E-state index in [4.69, 9.17) is 11.6 Å². The fourth-order valence-corrected chi connectivity index (χ4v) is 6.61. The van der Waals surface area contributed by atoms with Gasteiger partial charge >= 0.3 is 0 Å². The molecule has 1 fully saturated rings. The average molecular weight is 523 g/mol. The SMILES string of the molecule is O=C(NS(=O)(=O)c1ccc(Cl)s1)c1cnn2ccc(N3CCC[C@@H]3c3cc(F)ccc3F)cc12. The molecule has 34 heavy (non-hydrogen) atoms. The van der Waals surface area contributed by atoms with Gasteiger partial charge in [0.1, 0.15) is 15.8 Å². The lowest BCUT2D eigenvalue weighted by molar-refractivity contribution is 0.0983. The van der Waals surface area contributed by atoms with E-state index in [-0.39, 0.29) is 25.7 Å². The molecular weight excluding hydrogens is 506 g/mol. The number of anilines is 1. The number of hydrogen-bond acceptors (Lipinski definition) is 6. The standard InChI is InChI=1S/C22H17ClF2N4O3S2/c23-20-5-6-21(33-20)34(31,32)27-22(30)16-12-26-29-9-7-14(11-19(16)29)28-8-1-2-18(28)15-10-13(24)3-4-17(15)25/h3-7,9-12,18H,1-2,8H2,(H,27,30)/t18-/m1/s1. The quantitative estimate of drug-likeness (QED) is 0.407. The van der Waals surface area contributed by atoms with Crippen molar-refractivity contribution in [3.05, 3.63) is 82.0 Å². The van der Waals surface area contributed by atoms with Crippen LogP contribution in [0.15, 0.2) is 59.1 Å². The van der Waals surface area contributed by atoms with Gasteiger partial charge in [-0.25, -0.2) is 26.4 Å². The maximum atomic E-state index is 14.5. The zero-order chi connectivity index (χ0) is 24.0. The number of nitrogens with one attached hydrogen (secondary N) is 1. The van der Waals surface area contributed by atoms with Gasteiger partial charge in [-0.3, -0.25) is 4.79 Å². The molecule has 0 saturated carbocycles. The third kappa shape index (κ3) is 4.15. The molecule has 3 aromatic heterocycles. The van der Waals surface area contributed by atoms with Crippen molar-refractivity contribution in [2.45, 2.75) is 23.1 Å². The van der Waals surface area contributed by atoms with E-state index >= 15 is 0 Å². The molecule has 0 radical (unpaired) electrons. The minimum atomic E-state index is -4.10. The Balaban J connectivity index is 1.47. The predicted molar refractivity (Wildman–Crippen MR) is 125 cm³/mol. The number of rotatable bonds is 5. The number of carbonyl (C=O) groups excluding carboxylic acids is 1. The molecule has 1 saturated heterocycles. The minimum absolute atomic E-state index is 0.0563. The van der Waals surface area contributed by atoms with Crippen LogP contribution in [0.2, 0.25) is 4.34 Å². The summed E-state index contributed by atoms with van der Waals surface area (Å²) in [6.07, 6.45) is 4.32. The Morgan fingerprint density at radius 3 is 2.76 bits per heavy atom. The van der Waals surface area contributed by atoms with E-state index < -0.39 is 27.6 Å². The molecule has 12 heteroatoms. The number of carbonyl (C=O) groups is 1. The van der Waals surface area contributed by atoms with Crippen molar-refractivity contribution < 1.29 is 22.0 Å². The Kier molecular flexibility index (Phi) is 5.78. The van der Waals surface area contributed by atoms with E-state index in [1.54, 1.807) is 18.3 Å². The molecule has 1 N–H and O–H groups in total. The highest BCUT2D eigenvalue weighted by atomic mass is 35.5. The van der Waals surface area contributed by atoms with Gasteiger partial charge in [-0.1, -0.05) is 11.6 Å². The number of thiophene rings is 1. The summed E-state index contributed by atoms with van der Waals surface area (Å²) in [6.45, 7) is 0.611. The number of fused-ring (bicyclic) bond motifs is 1. The molecule has 1 aliphatic heterocycles. The Hall–Kier alpha value is -3.02. The van der Waals surface area contributed by atoms with Crippen LogP contribution in [0.4, 0.5) is 14.5 Å². The van der Waals surface area contributed by atoms with Gasteiger partial charge in [0.15, 0.2) is 0 Å². The Morgan fingerprint density at radius 1 is 1.18 bits per heavy atom. The molecule has 7 nitrogen and oxygen atoms in total. The molecular formula is C22H17ClF2N4O3S2. The zero-order valence-corrected chi connectivity index (χ0v) is 19.8. The molecule has 1 aliphatic rings. The van der Waals surface area contributed by atoms with Gasteiger partial charge in [-0.05, 0) is 55.3 Å². The zero-order valence-electron chi connectivity index (χ0n) is 17.4. The second-order valence-electron chi connectivity index (χ2n) is 7.78. The Morgan fingerprint density at radius 2 is 2.00 bits per heavy atom. The van der Waals surface area contributed by atoms with Crippen LogP contribution in [0.1, 0.15) is 34.8 Å². The van der Waals surface area contributed by atoms with Crippen molar-refractivity contribution in [1.82, 2.24) is 14.3 Å². The molecule has 4 heterocycles. The van der Waals surface area contributed by atoms with Crippen molar-refractivity contribution in [3.63, 3.8) is 0 Å². The van der Waals surface area contributed by atoms with E-state index in [1.807, 2.05) is 9.62 Å². The van der Waals surface area contributed by atoms with Crippen molar-refractivity contribution in [1.29, 1.82) is 0 Å². The molecule has 1 amide bonds. The largest absolute Gasteiger partial charge is 0.364 e. The van der Waals surface area contributed by atoms with Crippen molar-refractivity contribution in [3.8, 4) is 0 Å². The highest BCUT2D eigenvalue weighted by molar-refractivity contribution is 7.92. The molecule has 1 aromatic carbocycles. The summed E-state index contributed by atoms with van der Waals surface area (Å²) in [5.41, 5.74) is 1.38. The minimum Gasteiger partial charge on any atom is -0.364 e. The van der Waals surface area contributed by atoms with Gasteiger partial charge in [0.2, 0.25) is 0 Å². The summed E-state index contributed by atoms with van der Waals surface area (Å²) in [7, 11) is -4.10. The third-order valence-electron chi connectivity index (χ3n) is 5.69. The number of benzene rings is 1. The van der Waals surface area contributed by atoms with Gasteiger partial charge in [-0.2, -0.15) is 5.10 Å². The molecule has 4 aromatic rings. The monoisotopic (exact) mass is 522 g/mol. The highest BCUT2D eigenvalue weighted by Gasteiger charge is 2.30. The summed E-state index contributed by atoms with van der Waals surface area (Å²) in [6, 6.07) is 9.23. The second-order valence-corrected chi connectivity index (χ2v) is 11.4. The first-order valence-corrected chi connectivity index (χ1v) is 12.9. The molecule has 0 spiro atoms. The maximum absolute atomic E-state index is 14.5. The summed E-state index contributed by atoms with van der Waals surface area (Å²) in [5.74, 6) is -1.84. The number of pyridine rings is 1. The predicted octanol–water partition coefficient (Wildman–Crippen LogP) is 4.79. The Bertz CT molecular complexity index is 1520. The average Bonchev–Trinajstić information content (AvgIpc) is 3.53. The van der Waals surface area contributed by atoms with E-state index in [2.05, 4.69) is 5.10 Å². The topological polar surface area (TPSA) is 83.8 Å². The van der Waals surface area contributed by atoms with Crippen LogP contribution in [0.25, 0.3) is 5.52 Å². The number of sulfonamides is 1. The smallest absolute Gasteiger partial charge is 0.273 e. The fourth-order valence-electron chi connectivity index (χ4n) is 4.16. The van der Waals surface area contributed by atoms with Crippen LogP contribution in [-0.2, 0) is 10.0 Å². The normalized spacial score (nSPS) is 16.3. The molecule has 176 valence electrons. The van der Waals surface area contributed by atoms with Gasteiger partial charge in [0.25, 0.3) is 15.9 Å².